The first-order valence-electron chi connectivity index (χ1n) is 20.5. The lowest BCUT2D eigenvalue weighted by Gasteiger charge is -2.35. The highest BCUT2D eigenvalue weighted by atomic mass is 32.2. The predicted octanol–water partition coefficient (Wildman–Crippen LogP) is 6.80. The van der Waals surface area contributed by atoms with Crippen molar-refractivity contribution < 1.29 is 37.0 Å². The second-order valence-corrected chi connectivity index (χ2v) is 17.7. The largest absolute Gasteiger partial charge is 0.487 e. The Morgan fingerprint density at radius 3 is 2.20 bits per heavy atom. The Hall–Kier alpha value is -6.15. The van der Waals surface area contributed by atoms with E-state index in [9.17, 15) is 22.8 Å². The molecule has 4 aromatic rings. The van der Waals surface area contributed by atoms with Gasteiger partial charge in [-0.25, -0.2) is 22.7 Å². The number of sulfonamides is 1. The van der Waals surface area contributed by atoms with Gasteiger partial charge in [0.05, 0.1) is 4.90 Å². The van der Waals surface area contributed by atoms with E-state index in [1.807, 2.05) is 99.6 Å². The Bertz CT molecular complexity index is 2390. The van der Waals surface area contributed by atoms with Crippen LogP contribution < -0.4 is 25.8 Å². The standard InChI is InChI=1S/C47H55N5O8S/c1-7-16-40(44(54)58-27-32-17-9-8-10-18-32)50-43(53)39(51-46(55)59-28-38-36-21-13-11-19-34(36)35-20-12-14-22-37(35)38)23-15-26-49-45(48)52-61(56,57)42-30(3)29(2)41-33(31(42)4)24-25-47(5,6)60-41/h7-14,17-22,38-40H,1,15-16,23-28H2,2-6H3,(H,50,53)(H,51,55)(H3,48,49,52)/t39-,40+/m1/s1. The van der Waals surface area contributed by atoms with Gasteiger partial charge in [0.1, 0.15) is 36.6 Å². The van der Waals surface area contributed by atoms with Gasteiger partial charge in [0, 0.05) is 12.5 Å². The van der Waals surface area contributed by atoms with Crippen LogP contribution >= 0.6 is 0 Å². The van der Waals surface area contributed by atoms with Gasteiger partial charge in [0.15, 0.2) is 0 Å². The number of carbonyl (C=O) groups excluding carboxylic acids is 3. The van der Waals surface area contributed by atoms with Gasteiger partial charge in [-0.1, -0.05) is 84.9 Å². The van der Waals surface area contributed by atoms with Crippen LogP contribution in [0.3, 0.4) is 0 Å². The third kappa shape index (κ3) is 10.4. The average molecular weight is 850 g/mol. The van der Waals surface area contributed by atoms with Crippen molar-refractivity contribution >= 4 is 34.0 Å². The van der Waals surface area contributed by atoms with Crippen LogP contribution in [-0.2, 0) is 42.1 Å². The number of hydrogen-bond donors (Lipinski definition) is 4. The number of fused-ring (bicyclic) bond motifs is 4. The first-order chi connectivity index (χ1) is 29.1. The molecule has 322 valence electrons. The molecule has 14 heteroatoms. The summed E-state index contributed by atoms with van der Waals surface area (Å²) in [7, 11) is -4.14. The molecule has 0 fully saturated rings. The highest BCUT2D eigenvalue weighted by molar-refractivity contribution is 7.90. The molecule has 6 rings (SSSR count). The number of carbonyl (C=O) groups is 3. The number of hydrogen-bond acceptors (Lipinski definition) is 9. The monoisotopic (exact) mass is 849 g/mol. The van der Waals surface area contributed by atoms with E-state index in [2.05, 4.69) is 26.9 Å². The molecule has 61 heavy (non-hydrogen) atoms. The molecule has 13 nitrogen and oxygen atoms in total. The number of esters is 1. The molecule has 0 spiro atoms. The summed E-state index contributed by atoms with van der Waals surface area (Å²) in [6, 6.07) is 22.8. The van der Waals surface area contributed by atoms with Crippen LogP contribution in [0.1, 0.15) is 84.4 Å². The number of guanidine groups is 1. The van der Waals surface area contributed by atoms with E-state index in [1.54, 1.807) is 13.8 Å². The summed E-state index contributed by atoms with van der Waals surface area (Å²) in [6.45, 7) is 13.1. The summed E-state index contributed by atoms with van der Waals surface area (Å²) in [4.78, 5) is 44.8. The highest BCUT2D eigenvalue weighted by Crippen LogP contribution is 2.45. The van der Waals surface area contributed by atoms with E-state index in [-0.39, 0.29) is 61.4 Å². The van der Waals surface area contributed by atoms with Crippen LogP contribution in [0.25, 0.3) is 11.1 Å². The second-order valence-electron chi connectivity index (χ2n) is 16.1. The fourth-order valence-corrected chi connectivity index (χ4v) is 9.52. The van der Waals surface area contributed by atoms with E-state index < -0.39 is 40.1 Å². The molecule has 0 radical (unpaired) electrons. The topological polar surface area (TPSA) is 188 Å². The minimum atomic E-state index is -4.14. The summed E-state index contributed by atoms with van der Waals surface area (Å²) in [5.41, 5.74) is 13.5. The summed E-state index contributed by atoms with van der Waals surface area (Å²) >= 11 is 0. The third-order valence-electron chi connectivity index (χ3n) is 11.3. The van der Waals surface area contributed by atoms with E-state index in [0.29, 0.717) is 17.5 Å². The molecule has 0 bridgehead atoms. The molecular weight excluding hydrogens is 795 g/mol. The smallest absolute Gasteiger partial charge is 0.407 e. The molecule has 0 saturated carbocycles. The van der Waals surface area contributed by atoms with Gasteiger partial charge in [-0.05, 0) is 117 Å². The molecular formula is C47H55N5O8S. The third-order valence-corrected chi connectivity index (χ3v) is 12.9. The van der Waals surface area contributed by atoms with Crippen molar-refractivity contribution in [3.63, 3.8) is 0 Å². The molecule has 5 N–H and O–H groups in total. The van der Waals surface area contributed by atoms with Crippen molar-refractivity contribution in [2.24, 2.45) is 10.7 Å². The lowest BCUT2D eigenvalue weighted by molar-refractivity contribution is -0.149. The summed E-state index contributed by atoms with van der Waals surface area (Å²) in [6.07, 6.45) is 2.38. The van der Waals surface area contributed by atoms with Gasteiger partial charge in [-0.2, -0.15) is 0 Å². The van der Waals surface area contributed by atoms with Crippen LogP contribution in [0.5, 0.6) is 5.75 Å². The number of aliphatic imine (C=N–C) groups is 1. The minimum absolute atomic E-state index is 0.00378. The van der Waals surface area contributed by atoms with Crippen molar-refractivity contribution in [3.05, 3.63) is 130 Å². The molecule has 0 saturated heterocycles. The van der Waals surface area contributed by atoms with E-state index in [4.69, 9.17) is 19.9 Å². The van der Waals surface area contributed by atoms with Crippen LogP contribution in [0.2, 0.25) is 0 Å². The number of nitrogens with two attached hydrogens (primary N) is 1. The zero-order chi connectivity index (χ0) is 43.9. The van der Waals surface area contributed by atoms with Crippen LogP contribution in [0, 0.1) is 20.8 Å². The second kappa shape index (κ2) is 19.1. The summed E-state index contributed by atoms with van der Waals surface area (Å²) in [5, 5.41) is 5.38. The first-order valence-corrected chi connectivity index (χ1v) is 22.0. The molecule has 2 aliphatic rings. The quantitative estimate of drug-likeness (QED) is 0.0309. The minimum Gasteiger partial charge on any atom is -0.487 e. The molecule has 1 aliphatic heterocycles. The van der Waals surface area contributed by atoms with Crippen LogP contribution in [-0.4, -0.2) is 63.2 Å². The number of rotatable bonds is 16. The van der Waals surface area contributed by atoms with Gasteiger partial charge in [0.2, 0.25) is 11.9 Å². The summed E-state index contributed by atoms with van der Waals surface area (Å²) in [5.74, 6) is -1.14. The van der Waals surface area contributed by atoms with Gasteiger partial charge >= 0.3 is 12.1 Å². The van der Waals surface area contributed by atoms with Crippen LogP contribution in [0.4, 0.5) is 4.79 Å². The molecule has 1 heterocycles. The zero-order valence-electron chi connectivity index (χ0n) is 35.4. The number of nitrogens with one attached hydrogen (secondary N) is 3. The Morgan fingerprint density at radius 2 is 1.54 bits per heavy atom. The number of amides is 2. The number of benzene rings is 4. The number of alkyl carbamates (subject to hydrolysis) is 1. The molecule has 0 aromatic heterocycles. The van der Waals surface area contributed by atoms with Crippen molar-refractivity contribution in [2.75, 3.05) is 13.2 Å². The first kappa shape index (κ1) is 44.4. The predicted molar refractivity (Wildman–Crippen MR) is 235 cm³/mol. The van der Waals surface area contributed by atoms with E-state index >= 15 is 0 Å². The van der Waals surface area contributed by atoms with Gasteiger partial charge in [-0.15, -0.1) is 6.58 Å². The maximum absolute atomic E-state index is 13.8. The van der Waals surface area contributed by atoms with Gasteiger partial charge in [0.25, 0.3) is 10.0 Å². The molecule has 2 atom stereocenters. The van der Waals surface area contributed by atoms with Crippen LogP contribution in [0.15, 0.2) is 101 Å². The fourth-order valence-electron chi connectivity index (χ4n) is 8.00. The maximum atomic E-state index is 13.8. The highest BCUT2D eigenvalue weighted by Gasteiger charge is 2.34. The van der Waals surface area contributed by atoms with Crippen molar-refractivity contribution in [3.8, 4) is 16.9 Å². The normalized spacial score (nSPS) is 15.2. The Labute approximate surface area is 358 Å². The molecule has 2 amide bonds. The Balaban J connectivity index is 1.13. The SMILES string of the molecule is C=CC[C@H](NC(=O)[C@@H](CCCN=C(N)NS(=O)(=O)c1c(C)c(C)c2c(c1C)CCC(C)(C)O2)NC(=O)OCC1c2ccccc2-c2ccccc21)C(=O)OCc1ccccc1. The summed E-state index contributed by atoms with van der Waals surface area (Å²) < 4.78 is 47.5. The lowest BCUT2D eigenvalue weighted by Crippen LogP contribution is -2.52. The van der Waals surface area contributed by atoms with E-state index in [0.717, 1.165) is 51.1 Å². The van der Waals surface area contributed by atoms with Crippen molar-refractivity contribution in [1.82, 2.24) is 15.4 Å². The Kier molecular flexibility index (Phi) is 13.9. The zero-order valence-corrected chi connectivity index (χ0v) is 36.2. The van der Waals surface area contributed by atoms with Crippen molar-refractivity contribution in [2.45, 2.75) is 102 Å². The molecule has 1 aliphatic carbocycles. The number of ether oxygens (including phenoxy) is 3. The molecule has 0 unspecified atom stereocenters. The van der Waals surface area contributed by atoms with Gasteiger partial charge < -0.3 is 30.6 Å². The van der Waals surface area contributed by atoms with Gasteiger partial charge in [-0.3, -0.25) is 9.79 Å². The average Bonchev–Trinajstić information content (AvgIpc) is 3.55. The Morgan fingerprint density at radius 1 is 0.902 bits per heavy atom. The van der Waals surface area contributed by atoms with Crippen molar-refractivity contribution in [1.29, 1.82) is 0 Å². The fraction of sp³-hybridized carbons (Fsp3) is 0.362. The molecule has 4 aromatic carbocycles. The lowest BCUT2D eigenvalue weighted by atomic mass is 9.88. The van der Waals surface area contributed by atoms with E-state index in [1.165, 1.54) is 6.08 Å². The maximum Gasteiger partial charge on any atom is 0.407 e. The number of nitrogens with zero attached hydrogens (tertiary/aromatic N) is 1.